The van der Waals surface area contributed by atoms with Crippen molar-refractivity contribution in [2.24, 2.45) is 17.8 Å². The van der Waals surface area contributed by atoms with E-state index in [4.69, 9.17) is 0 Å². The van der Waals surface area contributed by atoms with Crippen LogP contribution in [0.4, 0.5) is 4.79 Å². The molecule has 0 atom stereocenters. The highest BCUT2D eigenvalue weighted by Gasteiger charge is 2.51. The first-order valence-corrected chi connectivity index (χ1v) is 9.06. The lowest BCUT2D eigenvalue weighted by molar-refractivity contribution is -0.120. The fourth-order valence-electron chi connectivity index (χ4n) is 5.25. The third-order valence-corrected chi connectivity index (χ3v) is 5.75. The quantitative estimate of drug-likeness (QED) is 0.527. The second kappa shape index (κ2) is 7.07. The topological polar surface area (TPSA) is 82.3 Å². The van der Waals surface area contributed by atoms with Gasteiger partial charge in [-0.25, -0.2) is 4.79 Å². The van der Waals surface area contributed by atoms with E-state index in [1.54, 1.807) is 0 Å². The molecule has 0 saturated heterocycles. The van der Waals surface area contributed by atoms with E-state index >= 15 is 0 Å². The normalized spacial score (nSPS) is 34.2. The molecule has 0 aliphatic heterocycles. The summed E-state index contributed by atoms with van der Waals surface area (Å²) in [5.41, 5.74) is 0.0356. The Bertz CT molecular complexity index is 417. The third-order valence-electron chi connectivity index (χ3n) is 5.75. The minimum absolute atomic E-state index is 0.0182. The van der Waals surface area contributed by atoms with Gasteiger partial charge in [-0.2, -0.15) is 0 Å². The van der Waals surface area contributed by atoms with Crippen LogP contribution in [0.5, 0.6) is 0 Å². The van der Waals surface area contributed by atoms with Crippen molar-refractivity contribution in [1.29, 1.82) is 0 Å². The Balaban J connectivity index is 1.37. The summed E-state index contributed by atoms with van der Waals surface area (Å²) >= 11 is 0. The molecule has 4 aliphatic carbocycles. The maximum Gasteiger partial charge on any atom is 0.315 e. The molecule has 0 spiro atoms. The molecule has 4 saturated carbocycles. The van der Waals surface area contributed by atoms with E-state index in [0.29, 0.717) is 19.5 Å². The van der Waals surface area contributed by atoms with Gasteiger partial charge in [-0.3, -0.25) is 4.79 Å². The van der Waals surface area contributed by atoms with E-state index in [9.17, 15) is 9.59 Å². The summed E-state index contributed by atoms with van der Waals surface area (Å²) in [6.45, 7) is 1.77. The number of nitrogens with one attached hydrogen (secondary N) is 4. The van der Waals surface area contributed by atoms with Crippen LogP contribution < -0.4 is 21.3 Å². The molecule has 0 unspecified atom stereocenters. The summed E-state index contributed by atoms with van der Waals surface area (Å²) in [6.07, 6.45) is 7.89. The third kappa shape index (κ3) is 4.16. The van der Waals surface area contributed by atoms with Gasteiger partial charge in [-0.05, 0) is 63.3 Å². The molecular weight excluding hydrogens is 292 g/mol. The Morgan fingerprint density at radius 1 is 0.913 bits per heavy atom. The number of rotatable bonds is 7. The Kier molecular flexibility index (Phi) is 5.09. The monoisotopic (exact) mass is 322 g/mol. The van der Waals surface area contributed by atoms with Gasteiger partial charge in [-0.1, -0.05) is 0 Å². The first-order valence-electron chi connectivity index (χ1n) is 9.06. The van der Waals surface area contributed by atoms with Gasteiger partial charge in [-0.15, -0.1) is 0 Å². The van der Waals surface area contributed by atoms with Crippen LogP contribution in [0.2, 0.25) is 0 Å². The van der Waals surface area contributed by atoms with Crippen molar-refractivity contribution < 1.29 is 9.59 Å². The minimum Gasteiger partial charge on any atom is -0.355 e. The van der Waals surface area contributed by atoms with Gasteiger partial charge in [0.2, 0.25) is 5.91 Å². The molecule has 0 aromatic rings. The van der Waals surface area contributed by atoms with E-state index in [1.165, 1.54) is 19.3 Å². The van der Waals surface area contributed by atoms with Crippen LogP contribution in [0.3, 0.4) is 0 Å². The van der Waals surface area contributed by atoms with E-state index < -0.39 is 0 Å². The van der Waals surface area contributed by atoms with Crippen molar-refractivity contribution in [1.82, 2.24) is 21.3 Å². The lowest BCUT2D eigenvalue weighted by Gasteiger charge is -2.56. The molecule has 3 amide bonds. The molecule has 4 bridgehead atoms. The van der Waals surface area contributed by atoms with Gasteiger partial charge in [0.25, 0.3) is 0 Å². The van der Waals surface area contributed by atoms with E-state index in [-0.39, 0.29) is 17.5 Å². The lowest BCUT2D eigenvalue weighted by Crippen LogP contribution is -2.61. The molecule has 130 valence electrons. The lowest BCUT2D eigenvalue weighted by atomic mass is 9.53. The summed E-state index contributed by atoms with van der Waals surface area (Å²) in [5, 5.41) is 11.9. The largest absolute Gasteiger partial charge is 0.355 e. The average Bonchev–Trinajstić information content (AvgIpc) is 2.45. The van der Waals surface area contributed by atoms with Crippen LogP contribution in [0.25, 0.3) is 0 Å². The van der Waals surface area contributed by atoms with Gasteiger partial charge in [0.15, 0.2) is 0 Å². The number of carbonyl (C=O) groups excluding carboxylic acids is 2. The highest BCUT2D eigenvalue weighted by molar-refractivity contribution is 5.78. The molecule has 4 rings (SSSR count). The molecule has 6 nitrogen and oxygen atoms in total. The smallest absolute Gasteiger partial charge is 0.315 e. The summed E-state index contributed by atoms with van der Waals surface area (Å²) in [5.74, 6) is 2.44. The summed E-state index contributed by atoms with van der Waals surface area (Å²) in [7, 11) is 1.85. The van der Waals surface area contributed by atoms with Crippen molar-refractivity contribution >= 4 is 11.9 Å². The van der Waals surface area contributed by atoms with Crippen LogP contribution in [0.15, 0.2) is 0 Å². The second-order valence-electron chi connectivity index (χ2n) is 7.78. The fraction of sp³-hybridized carbons (Fsp3) is 0.882. The van der Waals surface area contributed by atoms with Crippen molar-refractivity contribution in [2.75, 3.05) is 26.7 Å². The molecule has 4 fully saturated rings. The molecule has 4 N–H and O–H groups in total. The maximum atomic E-state index is 12.2. The zero-order chi connectivity index (χ0) is 16.3. The highest BCUT2D eigenvalue weighted by atomic mass is 16.2. The number of carbonyl (C=O) groups is 2. The molecule has 0 heterocycles. The van der Waals surface area contributed by atoms with E-state index in [1.807, 2.05) is 7.05 Å². The molecule has 4 aliphatic rings. The number of amides is 3. The second-order valence-corrected chi connectivity index (χ2v) is 7.78. The molecule has 0 aromatic carbocycles. The first kappa shape index (κ1) is 16.6. The maximum absolute atomic E-state index is 12.2. The number of hydrogen-bond donors (Lipinski definition) is 4. The predicted molar refractivity (Wildman–Crippen MR) is 89.0 cm³/mol. The average molecular weight is 322 g/mol. The summed E-state index contributed by atoms with van der Waals surface area (Å²) in [6, 6.07) is -0.102. The number of likely N-dealkylation sites (N-methyl/N-ethyl adjacent to an activating group) is 1. The van der Waals surface area contributed by atoms with Crippen LogP contribution in [0, 0.1) is 17.8 Å². The van der Waals surface area contributed by atoms with Gasteiger partial charge in [0.1, 0.15) is 0 Å². The molecule has 6 heteroatoms. The Hall–Kier alpha value is -1.30. The van der Waals surface area contributed by atoms with Crippen LogP contribution in [0.1, 0.15) is 44.9 Å². The standard InChI is InChI=1S/C17H30N4O2/c1-18-4-5-19-15(22)2-3-20-16(23)21-17-9-12-6-13(10-17)8-14(7-12)11-17/h12-14,18H,2-11H2,1H3,(H,19,22)(H2,20,21,23). The Labute approximate surface area is 138 Å². The summed E-state index contributed by atoms with van der Waals surface area (Å²) in [4.78, 5) is 23.8. The zero-order valence-corrected chi connectivity index (χ0v) is 14.1. The van der Waals surface area contributed by atoms with Crippen molar-refractivity contribution in [2.45, 2.75) is 50.5 Å². The Morgan fingerprint density at radius 2 is 1.52 bits per heavy atom. The molecule has 0 aromatic heterocycles. The minimum atomic E-state index is -0.102. The fourth-order valence-corrected chi connectivity index (χ4v) is 5.25. The van der Waals surface area contributed by atoms with Gasteiger partial charge < -0.3 is 21.3 Å². The summed E-state index contributed by atoms with van der Waals surface area (Å²) < 4.78 is 0. The Morgan fingerprint density at radius 3 is 2.09 bits per heavy atom. The first-order chi connectivity index (χ1) is 11.1. The van der Waals surface area contributed by atoms with Crippen molar-refractivity contribution in [3.8, 4) is 0 Å². The van der Waals surface area contributed by atoms with Gasteiger partial charge in [0.05, 0.1) is 0 Å². The number of urea groups is 1. The number of hydrogen-bond acceptors (Lipinski definition) is 3. The molecular formula is C17H30N4O2. The zero-order valence-electron chi connectivity index (χ0n) is 14.1. The van der Waals surface area contributed by atoms with Gasteiger partial charge in [0, 0.05) is 31.6 Å². The SMILES string of the molecule is CNCCNC(=O)CCNC(=O)NC12CC3CC(CC(C3)C1)C2. The van der Waals surface area contributed by atoms with E-state index in [2.05, 4.69) is 21.3 Å². The predicted octanol–water partition coefficient (Wildman–Crippen LogP) is 0.980. The van der Waals surface area contributed by atoms with Crippen LogP contribution in [-0.4, -0.2) is 44.2 Å². The molecule has 0 radical (unpaired) electrons. The van der Waals surface area contributed by atoms with E-state index in [0.717, 1.165) is 43.6 Å². The van der Waals surface area contributed by atoms with Crippen molar-refractivity contribution in [3.63, 3.8) is 0 Å². The van der Waals surface area contributed by atoms with Crippen molar-refractivity contribution in [3.05, 3.63) is 0 Å². The highest BCUT2D eigenvalue weighted by Crippen LogP contribution is 2.55. The van der Waals surface area contributed by atoms with Crippen LogP contribution >= 0.6 is 0 Å². The van der Waals surface area contributed by atoms with Crippen LogP contribution in [-0.2, 0) is 4.79 Å². The molecule has 23 heavy (non-hydrogen) atoms. The van der Waals surface area contributed by atoms with Gasteiger partial charge >= 0.3 is 6.03 Å².